The first-order chi connectivity index (χ1) is 6.70. The number of hydrogen-bond donors (Lipinski definition) is 1. The van der Waals surface area contributed by atoms with Crippen LogP contribution in [0.3, 0.4) is 0 Å². The average molecular weight is 232 g/mol. The molecule has 4 heteroatoms. The molecule has 1 aliphatic heterocycles. The van der Waals surface area contributed by atoms with Gasteiger partial charge in [-0.3, -0.25) is 0 Å². The lowest BCUT2D eigenvalue weighted by molar-refractivity contribution is 0.0726. The largest absolute Gasteiger partial charge is 0.376 e. The van der Waals surface area contributed by atoms with Gasteiger partial charge in [0.25, 0.3) is 0 Å². The zero-order valence-electron chi connectivity index (χ0n) is 8.07. The summed E-state index contributed by atoms with van der Waals surface area (Å²) in [6, 6.07) is 1.91. The SMILES string of the molecule is CC1CCOC1C(N)c1ccsc1Cl. The van der Waals surface area contributed by atoms with Gasteiger partial charge in [-0.05, 0) is 23.8 Å². The van der Waals surface area contributed by atoms with Crippen LogP contribution in [0.2, 0.25) is 4.34 Å². The van der Waals surface area contributed by atoms with E-state index in [2.05, 4.69) is 6.92 Å². The minimum Gasteiger partial charge on any atom is -0.376 e. The Bertz CT molecular complexity index is 315. The summed E-state index contributed by atoms with van der Waals surface area (Å²) in [7, 11) is 0. The maximum Gasteiger partial charge on any atom is 0.0977 e. The first-order valence-corrected chi connectivity index (χ1v) is 6.06. The van der Waals surface area contributed by atoms with Crippen molar-refractivity contribution in [1.82, 2.24) is 0 Å². The van der Waals surface area contributed by atoms with Gasteiger partial charge in [-0.2, -0.15) is 0 Å². The summed E-state index contributed by atoms with van der Waals surface area (Å²) in [4.78, 5) is 0. The quantitative estimate of drug-likeness (QED) is 0.850. The molecule has 3 unspecified atom stereocenters. The molecule has 0 amide bonds. The van der Waals surface area contributed by atoms with E-state index < -0.39 is 0 Å². The fourth-order valence-electron chi connectivity index (χ4n) is 1.90. The summed E-state index contributed by atoms with van der Waals surface area (Å²) in [6.07, 6.45) is 1.22. The second-order valence-corrected chi connectivity index (χ2v) is 5.29. The van der Waals surface area contributed by atoms with Gasteiger partial charge in [0.2, 0.25) is 0 Å². The molecule has 78 valence electrons. The maximum atomic E-state index is 6.13. The van der Waals surface area contributed by atoms with Crippen LogP contribution in [-0.2, 0) is 4.74 Å². The molecule has 0 spiro atoms. The lowest BCUT2D eigenvalue weighted by atomic mass is 9.95. The summed E-state index contributed by atoms with van der Waals surface area (Å²) in [5.74, 6) is 0.529. The van der Waals surface area contributed by atoms with Crippen LogP contribution in [0.25, 0.3) is 0 Å². The average Bonchev–Trinajstić information content (AvgIpc) is 2.73. The number of ether oxygens (including phenoxy) is 1. The Labute approximate surface area is 93.0 Å². The van der Waals surface area contributed by atoms with Gasteiger partial charge in [0.1, 0.15) is 0 Å². The van der Waals surface area contributed by atoms with Gasteiger partial charge in [0.05, 0.1) is 16.5 Å². The van der Waals surface area contributed by atoms with Crippen LogP contribution in [0.5, 0.6) is 0 Å². The fourth-order valence-corrected chi connectivity index (χ4v) is 2.91. The van der Waals surface area contributed by atoms with Gasteiger partial charge in [-0.15, -0.1) is 11.3 Å². The Morgan fingerprint density at radius 1 is 1.71 bits per heavy atom. The summed E-state index contributed by atoms with van der Waals surface area (Å²) in [6.45, 7) is 3.00. The zero-order chi connectivity index (χ0) is 10.1. The monoisotopic (exact) mass is 231 g/mol. The highest BCUT2D eigenvalue weighted by atomic mass is 35.5. The predicted molar refractivity (Wildman–Crippen MR) is 59.8 cm³/mol. The van der Waals surface area contributed by atoms with E-state index >= 15 is 0 Å². The van der Waals surface area contributed by atoms with E-state index in [1.165, 1.54) is 11.3 Å². The Morgan fingerprint density at radius 2 is 2.50 bits per heavy atom. The van der Waals surface area contributed by atoms with Crippen molar-refractivity contribution in [2.24, 2.45) is 11.7 Å². The van der Waals surface area contributed by atoms with E-state index in [1.807, 2.05) is 11.4 Å². The minimum atomic E-state index is -0.0775. The molecule has 0 aliphatic carbocycles. The molecule has 1 aromatic heterocycles. The lowest BCUT2D eigenvalue weighted by Crippen LogP contribution is -2.29. The predicted octanol–water partition coefficient (Wildman–Crippen LogP) is 2.83. The van der Waals surface area contributed by atoms with Crippen LogP contribution in [-0.4, -0.2) is 12.7 Å². The Balaban J connectivity index is 2.15. The molecule has 1 aromatic rings. The molecule has 2 rings (SSSR count). The standard InChI is InChI=1S/C10H14ClNOS/c1-6-2-4-13-9(6)8(12)7-3-5-14-10(7)11/h3,5-6,8-9H,2,4,12H2,1H3. The molecule has 2 heterocycles. The summed E-state index contributed by atoms with van der Waals surface area (Å²) in [5.41, 5.74) is 7.16. The molecule has 2 nitrogen and oxygen atoms in total. The molecule has 0 aromatic carbocycles. The van der Waals surface area contributed by atoms with Crippen molar-refractivity contribution >= 4 is 22.9 Å². The summed E-state index contributed by atoms with van der Waals surface area (Å²) in [5, 5.41) is 1.97. The Morgan fingerprint density at radius 3 is 3.00 bits per heavy atom. The van der Waals surface area contributed by atoms with Crippen LogP contribution < -0.4 is 5.73 Å². The van der Waals surface area contributed by atoms with Crippen molar-refractivity contribution < 1.29 is 4.74 Å². The molecule has 0 radical (unpaired) electrons. The molecular weight excluding hydrogens is 218 g/mol. The third-order valence-corrected chi connectivity index (χ3v) is 4.00. The van der Waals surface area contributed by atoms with E-state index in [0.717, 1.165) is 22.9 Å². The van der Waals surface area contributed by atoms with Gasteiger partial charge < -0.3 is 10.5 Å². The van der Waals surface area contributed by atoms with Crippen LogP contribution in [0.15, 0.2) is 11.4 Å². The number of nitrogens with two attached hydrogens (primary N) is 1. The van der Waals surface area contributed by atoms with Crippen molar-refractivity contribution in [1.29, 1.82) is 0 Å². The smallest absolute Gasteiger partial charge is 0.0977 e. The molecule has 0 bridgehead atoms. The second kappa shape index (κ2) is 4.19. The van der Waals surface area contributed by atoms with Crippen molar-refractivity contribution in [2.45, 2.75) is 25.5 Å². The maximum absolute atomic E-state index is 6.13. The molecule has 1 saturated heterocycles. The fraction of sp³-hybridized carbons (Fsp3) is 0.600. The highest BCUT2D eigenvalue weighted by Crippen LogP contribution is 2.35. The first-order valence-electron chi connectivity index (χ1n) is 4.80. The highest BCUT2D eigenvalue weighted by molar-refractivity contribution is 7.14. The van der Waals surface area contributed by atoms with Crippen molar-refractivity contribution in [3.8, 4) is 0 Å². The highest BCUT2D eigenvalue weighted by Gasteiger charge is 2.31. The summed E-state index contributed by atoms with van der Waals surface area (Å²) < 4.78 is 6.42. The normalized spacial score (nSPS) is 29.4. The molecule has 3 atom stereocenters. The van der Waals surface area contributed by atoms with Crippen LogP contribution in [0.4, 0.5) is 0 Å². The van der Waals surface area contributed by atoms with E-state index in [1.54, 1.807) is 0 Å². The molecular formula is C10H14ClNOS. The van der Waals surface area contributed by atoms with Gasteiger partial charge in [0, 0.05) is 12.2 Å². The molecule has 0 saturated carbocycles. The number of halogens is 1. The zero-order valence-corrected chi connectivity index (χ0v) is 9.65. The molecule has 2 N–H and O–H groups in total. The van der Waals surface area contributed by atoms with Crippen molar-refractivity contribution in [3.63, 3.8) is 0 Å². The van der Waals surface area contributed by atoms with E-state index in [9.17, 15) is 0 Å². The number of thiophene rings is 1. The molecule has 1 fully saturated rings. The third kappa shape index (κ3) is 1.82. The van der Waals surface area contributed by atoms with Crippen molar-refractivity contribution in [3.05, 3.63) is 21.3 Å². The molecule has 1 aliphatic rings. The second-order valence-electron chi connectivity index (χ2n) is 3.78. The lowest BCUT2D eigenvalue weighted by Gasteiger charge is -2.22. The topological polar surface area (TPSA) is 35.2 Å². The van der Waals surface area contributed by atoms with E-state index in [0.29, 0.717) is 5.92 Å². The van der Waals surface area contributed by atoms with Crippen LogP contribution >= 0.6 is 22.9 Å². The van der Waals surface area contributed by atoms with Gasteiger partial charge in [-0.25, -0.2) is 0 Å². The third-order valence-electron chi connectivity index (χ3n) is 2.80. The van der Waals surface area contributed by atoms with E-state index in [4.69, 9.17) is 22.1 Å². The first kappa shape index (κ1) is 10.4. The summed E-state index contributed by atoms with van der Waals surface area (Å²) >= 11 is 7.57. The van der Waals surface area contributed by atoms with Crippen molar-refractivity contribution in [2.75, 3.05) is 6.61 Å². The van der Waals surface area contributed by atoms with Gasteiger partial charge in [-0.1, -0.05) is 18.5 Å². The van der Waals surface area contributed by atoms with Crippen LogP contribution in [0.1, 0.15) is 24.9 Å². The number of rotatable bonds is 2. The van der Waals surface area contributed by atoms with Gasteiger partial charge >= 0.3 is 0 Å². The van der Waals surface area contributed by atoms with E-state index in [-0.39, 0.29) is 12.1 Å². The number of hydrogen-bond acceptors (Lipinski definition) is 3. The minimum absolute atomic E-state index is 0.0775. The van der Waals surface area contributed by atoms with Crippen LogP contribution in [0, 0.1) is 5.92 Å². The Kier molecular flexibility index (Phi) is 3.12. The molecule has 14 heavy (non-hydrogen) atoms. The Hall–Kier alpha value is -0.0900. The van der Waals surface area contributed by atoms with Gasteiger partial charge in [0.15, 0.2) is 0 Å².